The lowest BCUT2D eigenvalue weighted by Crippen LogP contribution is -2.32. The summed E-state index contributed by atoms with van der Waals surface area (Å²) in [5, 5.41) is 5.96. The number of benzene rings is 2. The molecule has 3 nitrogen and oxygen atoms in total. The fraction of sp³-hybridized carbons (Fsp3) is 0.200. The standard InChI is InChI=1S/C25H25N3/c1-25(2,18-26-17-22-11-5-6-14-27-22)21-10-7-9-20(16-21)24-23-12-4-3-8-19(23)13-15-28-24/h3-16,26H,17-18H2,1-2H3. The molecule has 2 aromatic heterocycles. The van der Waals surface area contributed by atoms with E-state index in [1.807, 2.05) is 30.6 Å². The summed E-state index contributed by atoms with van der Waals surface area (Å²) in [6.07, 6.45) is 3.73. The van der Waals surface area contributed by atoms with Crippen molar-refractivity contribution in [2.24, 2.45) is 0 Å². The van der Waals surface area contributed by atoms with Crippen LogP contribution in [0.2, 0.25) is 0 Å². The van der Waals surface area contributed by atoms with Gasteiger partial charge in [0.1, 0.15) is 0 Å². The predicted octanol–water partition coefficient (Wildman–Crippen LogP) is 5.36. The van der Waals surface area contributed by atoms with Gasteiger partial charge in [0.05, 0.1) is 11.4 Å². The highest BCUT2D eigenvalue weighted by atomic mass is 14.9. The lowest BCUT2D eigenvalue weighted by Gasteiger charge is -2.26. The zero-order chi connectivity index (χ0) is 19.4. The Bertz CT molecular complexity index is 1070. The van der Waals surface area contributed by atoms with Crippen molar-refractivity contribution in [3.8, 4) is 11.3 Å². The molecule has 0 spiro atoms. The molecule has 2 heterocycles. The number of aromatic nitrogens is 2. The molecule has 2 aromatic carbocycles. The molecule has 0 fully saturated rings. The van der Waals surface area contributed by atoms with E-state index in [0.717, 1.165) is 30.0 Å². The minimum Gasteiger partial charge on any atom is -0.310 e. The fourth-order valence-corrected chi connectivity index (χ4v) is 3.54. The molecule has 3 heteroatoms. The number of nitrogens with zero attached hydrogens (tertiary/aromatic N) is 2. The number of nitrogens with one attached hydrogen (secondary N) is 1. The summed E-state index contributed by atoms with van der Waals surface area (Å²) < 4.78 is 0. The Morgan fingerprint density at radius 2 is 1.68 bits per heavy atom. The molecule has 1 N–H and O–H groups in total. The van der Waals surface area contributed by atoms with Gasteiger partial charge in [-0.1, -0.05) is 62.4 Å². The third kappa shape index (κ3) is 3.95. The van der Waals surface area contributed by atoms with Crippen LogP contribution in [0.15, 0.2) is 85.2 Å². The highest BCUT2D eigenvalue weighted by molar-refractivity contribution is 5.94. The Kier molecular flexibility index (Phi) is 5.18. The third-order valence-corrected chi connectivity index (χ3v) is 5.19. The van der Waals surface area contributed by atoms with Crippen LogP contribution < -0.4 is 5.32 Å². The Balaban J connectivity index is 1.57. The molecule has 0 aliphatic rings. The molecule has 0 unspecified atom stereocenters. The lowest BCUT2D eigenvalue weighted by molar-refractivity contribution is 0.467. The lowest BCUT2D eigenvalue weighted by atomic mass is 9.83. The van der Waals surface area contributed by atoms with Crippen molar-refractivity contribution in [2.45, 2.75) is 25.8 Å². The van der Waals surface area contributed by atoms with Crippen LogP contribution in [0.1, 0.15) is 25.1 Å². The SMILES string of the molecule is CC(C)(CNCc1ccccn1)c1cccc(-c2nccc3ccccc23)c1. The van der Waals surface area contributed by atoms with E-state index >= 15 is 0 Å². The van der Waals surface area contributed by atoms with E-state index < -0.39 is 0 Å². The van der Waals surface area contributed by atoms with Crippen molar-refractivity contribution in [2.75, 3.05) is 6.54 Å². The van der Waals surface area contributed by atoms with Crippen molar-refractivity contribution in [1.29, 1.82) is 0 Å². The Morgan fingerprint density at radius 1 is 0.821 bits per heavy atom. The van der Waals surface area contributed by atoms with Crippen molar-refractivity contribution in [3.63, 3.8) is 0 Å². The van der Waals surface area contributed by atoms with Crippen LogP contribution in [-0.4, -0.2) is 16.5 Å². The molecule has 0 saturated heterocycles. The number of fused-ring (bicyclic) bond motifs is 1. The molecule has 0 radical (unpaired) electrons. The van der Waals surface area contributed by atoms with Crippen LogP contribution in [0.4, 0.5) is 0 Å². The summed E-state index contributed by atoms with van der Waals surface area (Å²) in [7, 11) is 0. The molecular weight excluding hydrogens is 342 g/mol. The molecule has 0 amide bonds. The zero-order valence-electron chi connectivity index (χ0n) is 16.4. The summed E-state index contributed by atoms with van der Waals surface area (Å²) in [6, 6.07) is 25.3. The van der Waals surface area contributed by atoms with Gasteiger partial charge in [0.25, 0.3) is 0 Å². The zero-order valence-corrected chi connectivity index (χ0v) is 16.4. The predicted molar refractivity (Wildman–Crippen MR) is 116 cm³/mol. The van der Waals surface area contributed by atoms with E-state index in [0.29, 0.717) is 0 Å². The molecule has 4 rings (SSSR count). The van der Waals surface area contributed by atoms with Gasteiger partial charge in [-0.05, 0) is 35.2 Å². The van der Waals surface area contributed by atoms with Gasteiger partial charge in [-0.2, -0.15) is 0 Å². The summed E-state index contributed by atoms with van der Waals surface area (Å²) in [6.45, 7) is 6.19. The van der Waals surface area contributed by atoms with E-state index in [2.05, 4.69) is 83.7 Å². The average molecular weight is 367 g/mol. The largest absolute Gasteiger partial charge is 0.310 e. The van der Waals surface area contributed by atoms with Gasteiger partial charge < -0.3 is 5.32 Å². The topological polar surface area (TPSA) is 37.8 Å². The molecule has 0 aliphatic heterocycles. The number of hydrogen-bond acceptors (Lipinski definition) is 3. The normalized spacial score (nSPS) is 11.6. The van der Waals surface area contributed by atoms with Crippen molar-refractivity contribution >= 4 is 10.8 Å². The van der Waals surface area contributed by atoms with Gasteiger partial charge in [-0.25, -0.2) is 0 Å². The van der Waals surface area contributed by atoms with Crippen LogP contribution in [-0.2, 0) is 12.0 Å². The quantitative estimate of drug-likeness (QED) is 0.498. The van der Waals surface area contributed by atoms with E-state index in [1.54, 1.807) is 0 Å². The first-order valence-corrected chi connectivity index (χ1v) is 9.69. The van der Waals surface area contributed by atoms with E-state index in [-0.39, 0.29) is 5.41 Å². The van der Waals surface area contributed by atoms with Crippen LogP contribution >= 0.6 is 0 Å². The van der Waals surface area contributed by atoms with Crippen LogP contribution in [0.3, 0.4) is 0 Å². The van der Waals surface area contributed by atoms with Gasteiger partial charge in [0.2, 0.25) is 0 Å². The molecule has 0 atom stereocenters. The Labute approximate surface area is 166 Å². The van der Waals surface area contributed by atoms with Crippen LogP contribution in [0.25, 0.3) is 22.0 Å². The van der Waals surface area contributed by atoms with Crippen molar-refractivity contribution in [1.82, 2.24) is 15.3 Å². The van der Waals surface area contributed by atoms with Crippen molar-refractivity contribution < 1.29 is 0 Å². The van der Waals surface area contributed by atoms with Crippen LogP contribution in [0, 0.1) is 0 Å². The minimum absolute atomic E-state index is 0.00459. The second-order valence-corrected chi connectivity index (χ2v) is 7.77. The molecule has 4 aromatic rings. The fourth-order valence-electron chi connectivity index (χ4n) is 3.54. The van der Waals surface area contributed by atoms with Gasteiger partial charge in [-0.3, -0.25) is 9.97 Å². The molecule has 0 bridgehead atoms. The molecule has 28 heavy (non-hydrogen) atoms. The number of rotatable bonds is 6. The average Bonchev–Trinajstić information content (AvgIpc) is 2.74. The second kappa shape index (κ2) is 7.91. The third-order valence-electron chi connectivity index (χ3n) is 5.19. The second-order valence-electron chi connectivity index (χ2n) is 7.77. The summed E-state index contributed by atoms with van der Waals surface area (Å²) in [5.41, 5.74) is 4.56. The van der Waals surface area contributed by atoms with Gasteiger partial charge >= 0.3 is 0 Å². The summed E-state index contributed by atoms with van der Waals surface area (Å²) in [5.74, 6) is 0. The highest BCUT2D eigenvalue weighted by Gasteiger charge is 2.21. The maximum Gasteiger partial charge on any atom is 0.0780 e. The number of pyridine rings is 2. The monoisotopic (exact) mass is 367 g/mol. The highest BCUT2D eigenvalue weighted by Crippen LogP contribution is 2.30. The first-order chi connectivity index (χ1) is 13.6. The van der Waals surface area contributed by atoms with Gasteiger partial charge in [0, 0.05) is 41.8 Å². The van der Waals surface area contributed by atoms with E-state index in [9.17, 15) is 0 Å². The maximum atomic E-state index is 4.68. The summed E-state index contributed by atoms with van der Waals surface area (Å²) >= 11 is 0. The smallest absolute Gasteiger partial charge is 0.0780 e. The van der Waals surface area contributed by atoms with Gasteiger partial charge in [0.15, 0.2) is 0 Å². The summed E-state index contributed by atoms with van der Waals surface area (Å²) in [4.78, 5) is 9.06. The maximum absolute atomic E-state index is 4.68. The molecule has 0 saturated carbocycles. The van der Waals surface area contributed by atoms with E-state index in [4.69, 9.17) is 0 Å². The minimum atomic E-state index is -0.00459. The van der Waals surface area contributed by atoms with Crippen molar-refractivity contribution in [3.05, 3.63) is 96.4 Å². The van der Waals surface area contributed by atoms with Gasteiger partial charge in [-0.15, -0.1) is 0 Å². The first kappa shape index (κ1) is 18.3. The Hall–Kier alpha value is -3.04. The molecular formula is C25H25N3. The molecule has 140 valence electrons. The van der Waals surface area contributed by atoms with E-state index in [1.165, 1.54) is 16.3 Å². The molecule has 0 aliphatic carbocycles. The number of hydrogen-bond donors (Lipinski definition) is 1. The Morgan fingerprint density at radius 3 is 2.54 bits per heavy atom. The first-order valence-electron chi connectivity index (χ1n) is 9.69. The van der Waals surface area contributed by atoms with Crippen LogP contribution in [0.5, 0.6) is 0 Å².